The zero-order chi connectivity index (χ0) is 15.7. The molecule has 1 N–H and O–H groups in total. The van der Waals surface area contributed by atoms with Crippen LogP contribution in [0, 0.1) is 18.8 Å². The number of aryl methyl sites for hydroxylation is 1. The molecule has 1 aliphatic heterocycles. The predicted octanol–water partition coefficient (Wildman–Crippen LogP) is 3.06. The molecule has 1 aromatic rings. The van der Waals surface area contributed by atoms with Crippen LogP contribution in [0.5, 0.6) is 5.75 Å². The SMILES string of the molecule is Cc1ccc(OC2CC(C)(C)OC2(C)C)c(C#CCO)c1. The smallest absolute Gasteiger partial charge is 0.135 e. The molecule has 0 aromatic heterocycles. The molecule has 0 saturated carbocycles. The van der Waals surface area contributed by atoms with Gasteiger partial charge in [-0.05, 0) is 52.3 Å². The highest BCUT2D eigenvalue weighted by Gasteiger charge is 2.47. The molecule has 1 aliphatic rings. The van der Waals surface area contributed by atoms with Crippen LogP contribution in [-0.2, 0) is 4.74 Å². The molecule has 3 heteroatoms. The maximum Gasteiger partial charge on any atom is 0.135 e. The lowest BCUT2D eigenvalue weighted by Crippen LogP contribution is -2.36. The minimum Gasteiger partial charge on any atom is -0.486 e. The fraction of sp³-hybridized carbons (Fsp3) is 0.556. The van der Waals surface area contributed by atoms with E-state index in [4.69, 9.17) is 14.6 Å². The first-order valence-electron chi connectivity index (χ1n) is 7.31. The van der Waals surface area contributed by atoms with Gasteiger partial charge < -0.3 is 14.6 Å². The molecular formula is C18H24O3. The molecule has 3 nitrogen and oxygen atoms in total. The summed E-state index contributed by atoms with van der Waals surface area (Å²) >= 11 is 0. The van der Waals surface area contributed by atoms with Crippen molar-refractivity contribution >= 4 is 0 Å². The van der Waals surface area contributed by atoms with E-state index in [1.165, 1.54) is 0 Å². The van der Waals surface area contributed by atoms with Crippen LogP contribution in [0.3, 0.4) is 0 Å². The summed E-state index contributed by atoms with van der Waals surface area (Å²) in [4.78, 5) is 0. The Morgan fingerprint density at radius 1 is 1.33 bits per heavy atom. The van der Waals surface area contributed by atoms with Crippen molar-refractivity contribution in [2.45, 2.75) is 58.3 Å². The highest BCUT2D eigenvalue weighted by Crippen LogP contribution is 2.40. The summed E-state index contributed by atoms with van der Waals surface area (Å²) in [6.45, 7) is 10.1. The van der Waals surface area contributed by atoms with Gasteiger partial charge in [-0.2, -0.15) is 0 Å². The maximum atomic E-state index is 8.89. The van der Waals surface area contributed by atoms with Gasteiger partial charge in [0, 0.05) is 6.42 Å². The molecule has 1 unspecified atom stereocenters. The van der Waals surface area contributed by atoms with Crippen LogP contribution in [0.4, 0.5) is 0 Å². The third-order valence-electron chi connectivity index (χ3n) is 3.70. The van der Waals surface area contributed by atoms with Gasteiger partial charge in [0.15, 0.2) is 0 Å². The Labute approximate surface area is 127 Å². The summed E-state index contributed by atoms with van der Waals surface area (Å²) in [5.74, 6) is 6.40. The van der Waals surface area contributed by atoms with E-state index in [1.807, 2.05) is 25.1 Å². The number of rotatable bonds is 2. The van der Waals surface area contributed by atoms with Gasteiger partial charge in [0.2, 0.25) is 0 Å². The Bertz CT molecular complexity index is 576. The first kappa shape index (κ1) is 15.9. The molecule has 1 heterocycles. The molecule has 21 heavy (non-hydrogen) atoms. The molecule has 114 valence electrons. The third kappa shape index (κ3) is 3.78. The van der Waals surface area contributed by atoms with Crippen LogP contribution in [0.1, 0.15) is 45.2 Å². The van der Waals surface area contributed by atoms with E-state index in [0.717, 1.165) is 23.3 Å². The Morgan fingerprint density at radius 2 is 2.05 bits per heavy atom. The van der Waals surface area contributed by atoms with Crippen molar-refractivity contribution in [1.29, 1.82) is 0 Å². The highest BCUT2D eigenvalue weighted by atomic mass is 16.6. The first-order chi connectivity index (χ1) is 9.73. The lowest BCUT2D eigenvalue weighted by Gasteiger charge is -2.27. The van der Waals surface area contributed by atoms with Crippen molar-refractivity contribution in [3.8, 4) is 17.6 Å². The summed E-state index contributed by atoms with van der Waals surface area (Å²) in [7, 11) is 0. The van der Waals surface area contributed by atoms with Crippen molar-refractivity contribution < 1.29 is 14.6 Å². The van der Waals surface area contributed by atoms with Gasteiger partial charge in [0.05, 0.1) is 11.2 Å². The number of ether oxygens (including phenoxy) is 2. The van der Waals surface area contributed by atoms with E-state index in [9.17, 15) is 0 Å². The van der Waals surface area contributed by atoms with Crippen molar-refractivity contribution in [3.63, 3.8) is 0 Å². The molecule has 0 amide bonds. The summed E-state index contributed by atoms with van der Waals surface area (Å²) < 4.78 is 12.3. The minimum absolute atomic E-state index is 0.0233. The van der Waals surface area contributed by atoms with Crippen LogP contribution in [0.25, 0.3) is 0 Å². The Kier molecular flexibility index (Phi) is 4.32. The van der Waals surface area contributed by atoms with Crippen molar-refractivity contribution in [1.82, 2.24) is 0 Å². The molecule has 0 radical (unpaired) electrons. The van der Waals surface area contributed by atoms with Crippen LogP contribution in [0.15, 0.2) is 18.2 Å². The quantitative estimate of drug-likeness (QED) is 0.850. The van der Waals surface area contributed by atoms with E-state index >= 15 is 0 Å². The van der Waals surface area contributed by atoms with Gasteiger partial charge >= 0.3 is 0 Å². The largest absolute Gasteiger partial charge is 0.486 e. The topological polar surface area (TPSA) is 38.7 Å². The highest BCUT2D eigenvalue weighted by molar-refractivity contribution is 5.48. The number of hydrogen-bond acceptors (Lipinski definition) is 3. The van der Waals surface area contributed by atoms with E-state index < -0.39 is 0 Å². The van der Waals surface area contributed by atoms with E-state index in [-0.39, 0.29) is 23.9 Å². The van der Waals surface area contributed by atoms with E-state index in [1.54, 1.807) is 0 Å². The monoisotopic (exact) mass is 288 g/mol. The lowest BCUT2D eigenvalue weighted by atomic mass is 9.97. The molecule has 1 saturated heterocycles. The molecule has 2 rings (SSSR count). The number of benzene rings is 1. The lowest BCUT2D eigenvalue weighted by molar-refractivity contribution is -0.0846. The van der Waals surface area contributed by atoms with Crippen LogP contribution < -0.4 is 4.74 Å². The van der Waals surface area contributed by atoms with E-state index in [2.05, 4.69) is 39.5 Å². The summed E-state index contributed by atoms with van der Waals surface area (Å²) in [5, 5.41) is 8.89. The van der Waals surface area contributed by atoms with Crippen LogP contribution in [-0.4, -0.2) is 29.0 Å². The third-order valence-corrected chi connectivity index (χ3v) is 3.70. The predicted molar refractivity (Wildman–Crippen MR) is 83.4 cm³/mol. The van der Waals surface area contributed by atoms with Crippen molar-refractivity contribution in [3.05, 3.63) is 29.3 Å². The van der Waals surface area contributed by atoms with Crippen LogP contribution >= 0.6 is 0 Å². The second-order valence-electron chi connectivity index (χ2n) is 6.74. The van der Waals surface area contributed by atoms with Crippen LogP contribution in [0.2, 0.25) is 0 Å². The maximum absolute atomic E-state index is 8.89. The second kappa shape index (κ2) is 5.71. The summed E-state index contributed by atoms with van der Waals surface area (Å²) in [5.41, 5.74) is 1.41. The minimum atomic E-state index is -0.337. The summed E-state index contributed by atoms with van der Waals surface area (Å²) in [6.07, 6.45) is 0.811. The molecule has 0 aliphatic carbocycles. The fourth-order valence-corrected chi connectivity index (χ4v) is 2.83. The summed E-state index contributed by atoms with van der Waals surface area (Å²) in [6, 6.07) is 5.93. The zero-order valence-electron chi connectivity index (χ0n) is 13.5. The van der Waals surface area contributed by atoms with Gasteiger partial charge in [0.1, 0.15) is 24.1 Å². The Morgan fingerprint density at radius 3 is 2.62 bits per heavy atom. The number of aliphatic hydroxyl groups is 1. The average molecular weight is 288 g/mol. The molecule has 0 spiro atoms. The fourth-order valence-electron chi connectivity index (χ4n) is 2.83. The van der Waals surface area contributed by atoms with Gasteiger partial charge in [0.25, 0.3) is 0 Å². The van der Waals surface area contributed by atoms with Crippen molar-refractivity contribution in [2.75, 3.05) is 6.61 Å². The Balaban J connectivity index is 2.27. The van der Waals surface area contributed by atoms with Gasteiger partial charge in [-0.25, -0.2) is 0 Å². The molecule has 1 aromatic carbocycles. The molecule has 1 fully saturated rings. The molecular weight excluding hydrogens is 264 g/mol. The average Bonchev–Trinajstić information content (AvgIpc) is 2.57. The standard InChI is InChI=1S/C18H24O3/c1-13-8-9-15(14(11-13)7-6-10-19)20-16-12-17(2,3)21-18(16,4)5/h8-9,11,16,19H,10,12H2,1-5H3. The number of aliphatic hydroxyl groups excluding tert-OH is 1. The number of hydrogen-bond donors (Lipinski definition) is 1. The zero-order valence-corrected chi connectivity index (χ0v) is 13.5. The van der Waals surface area contributed by atoms with Gasteiger partial charge in [-0.3, -0.25) is 0 Å². The van der Waals surface area contributed by atoms with Gasteiger partial charge in [-0.1, -0.05) is 17.9 Å². The molecule has 1 atom stereocenters. The molecule has 0 bridgehead atoms. The van der Waals surface area contributed by atoms with Gasteiger partial charge in [-0.15, -0.1) is 0 Å². The normalized spacial score (nSPS) is 22.5. The first-order valence-corrected chi connectivity index (χ1v) is 7.31. The van der Waals surface area contributed by atoms with E-state index in [0.29, 0.717) is 0 Å². The Hall–Kier alpha value is -1.50. The second-order valence-corrected chi connectivity index (χ2v) is 6.74. The van der Waals surface area contributed by atoms with Crippen molar-refractivity contribution in [2.24, 2.45) is 0 Å².